The van der Waals surface area contributed by atoms with Crippen molar-refractivity contribution in [2.75, 3.05) is 11.5 Å². The summed E-state index contributed by atoms with van der Waals surface area (Å²) in [7, 11) is 0. The molecule has 4 nitrogen and oxygen atoms in total. The van der Waals surface area contributed by atoms with Crippen molar-refractivity contribution in [3.63, 3.8) is 0 Å². The Morgan fingerprint density at radius 2 is 1.92 bits per heavy atom. The van der Waals surface area contributed by atoms with Gasteiger partial charge in [0, 0.05) is 17.9 Å². The van der Waals surface area contributed by atoms with Gasteiger partial charge in [0.05, 0.1) is 6.21 Å². The number of amides is 1. The second-order valence-corrected chi connectivity index (χ2v) is 6.70. The first-order valence-electron chi connectivity index (χ1n) is 8.00. The molecule has 2 aromatic rings. The van der Waals surface area contributed by atoms with E-state index in [0.29, 0.717) is 18.9 Å². The summed E-state index contributed by atoms with van der Waals surface area (Å²) in [4.78, 5) is 11.8. The summed E-state index contributed by atoms with van der Waals surface area (Å²) >= 11 is 1.90. The number of nitrogens with one attached hydrogen (secondary N) is 1. The first-order chi connectivity index (χ1) is 11.8. The molecule has 2 aromatic carbocycles. The highest BCUT2D eigenvalue weighted by Crippen LogP contribution is 2.23. The summed E-state index contributed by atoms with van der Waals surface area (Å²) in [5, 5.41) is 4.00. The summed E-state index contributed by atoms with van der Waals surface area (Å²) in [6.07, 6.45) is 3.13. The molecule has 0 radical (unpaired) electrons. The van der Waals surface area contributed by atoms with Gasteiger partial charge in [-0.25, -0.2) is 5.43 Å². The Morgan fingerprint density at radius 3 is 2.58 bits per heavy atom. The second kappa shape index (κ2) is 8.55. The number of hydrogen-bond acceptors (Lipinski definition) is 4. The van der Waals surface area contributed by atoms with E-state index in [0.717, 1.165) is 28.4 Å². The van der Waals surface area contributed by atoms with Crippen LogP contribution in [0, 0.1) is 0 Å². The minimum atomic E-state index is -0.0856. The predicted molar refractivity (Wildman–Crippen MR) is 98.7 cm³/mol. The van der Waals surface area contributed by atoms with Crippen molar-refractivity contribution in [3.05, 3.63) is 65.7 Å². The minimum absolute atomic E-state index is 0.0856. The molecule has 0 unspecified atom stereocenters. The van der Waals surface area contributed by atoms with Crippen LogP contribution in [0.25, 0.3) is 0 Å². The molecule has 1 fully saturated rings. The third-order valence-electron chi connectivity index (χ3n) is 3.68. The maximum absolute atomic E-state index is 11.8. The normalized spacial score (nSPS) is 14.3. The average molecular weight is 340 g/mol. The second-order valence-electron chi connectivity index (χ2n) is 5.63. The molecule has 5 heteroatoms. The van der Waals surface area contributed by atoms with Gasteiger partial charge >= 0.3 is 0 Å². The monoisotopic (exact) mass is 340 g/mol. The Labute approximate surface area is 146 Å². The Kier molecular flexibility index (Phi) is 5.90. The van der Waals surface area contributed by atoms with Gasteiger partial charge in [0.25, 0.3) is 0 Å². The molecule has 3 rings (SSSR count). The topological polar surface area (TPSA) is 50.7 Å². The number of ether oxygens (including phenoxy) is 1. The maximum Gasteiger partial charge on any atom is 0.240 e. The fraction of sp³-hybridized carbons (Fsp3) is 0.263. The molecule has 1 aliphatic heterocycles. The zero-order valence-electron chi connectivity index (χ0n) is 13.4. The number of hydrogen-bond donors (Lipinski definition) is 1. The van der Waals surface area contributed by atoms with E-state index in [1.54, 1.807) is 6.21 Å². The highest BCUT2D eigenvalue weighted by Gasteiger charge is 2.19. The zero-order chi connectivity index (χ0) is 16.6. The third-order valence-corrected chi connectivity index (χ3v) is 4.89. The van der Waals surface area contributed by atoms with Crippen molar-refractivity contribution in [2.45, 2.75) is 18.9 Å². The highest BCUT2D eigenvalue weighted by atomic mass is 32.2. The van der Waals surface area contributed by atoms with E-state index in [-0.39, 0.29) is 5.91 Å². The van der Waals surface area contributed by atoms with Gasteiger partial charge in [-0.15, -0.1) is 0 Å². The fourth-order valence-corrected chi connectivity index (χ4v) is 2.81. The van der Waals surface area contributed by atoms with Gasteiger partial charge < -0.3 is 4.74 Å². The van der Waals surface area contributed by atoms with Crippen LogP contribution < -0.4 is 10.2 Å². The molecule has 1 heterocycles. The number of thioether (sulfide) groups is 1. The molecule has 0 bridgehead atoms. The van der Waals surface area contributed by atoms with E-state index < -0.39 is 0 Å². The first kappa shape index (κ1) is 16.6. The Bertz CT molecular complexity index is 682. The van der Waals surface area contributed by atoms with Crippen LogP contribution in [-0.2, 0) is 11.2 Å². The van der Waals surface area contributed by atoms with E-state index in [2.05, 4.69) is 10.5 Å². The number of benzene rings is 2. The summed E-state index contributed by atoms with van der Waals surface area (Å²) in [5.74, 6) is 2.93. The average Bonchev–Trinajstić information content (AvgIpc) is 2.58. The van der Waals surface area contributed by atoms with Gasteiger partial charge in [0.1, 0.15) is 11.9 Å². The lowest BCUT2D eigenvalue weighted by Gasteiger charge is -2.25. The number of nitrogens with zero attached hydrogens (tertiary/aromatic N) is 1. The quantitative estimate of drug-likeness (QED) is 0.622. The standard InChI is InChI=1S/C19H20N2O2S/c22-19(11-8-15-4-2-1-3-5-15)21-20-12-16-6-9-17(10-7-16)23-18-13-24-14-18/h1-7,9-10,12,18H,8,11,13-14H2,(H,21,22)/b20-12-. The van der Waals surface area contributed by atoms with Crippen LogP contribution in [0.15, 0.2) is 59.7 Å². The van der Waals surface area contributed by atoms with Crippen LogP contribution in [-0.4, -0.2) is 29.7 Å². The SMILES string of the molecule is O=C(CCc1ccccc1)N/N=C\c1ccc(OC2CSC2)cc1. The van der Waals surface area contributed by atoms with Crippen molar-refractivity contribution < 1.29 is 9.53 Å². The molecule has 0 aromatic heterocycles. The molecular weight excluding hydrogens is 320 g/mol. The van der Waals surface area contributed by atoms with Crippen LogP contribution in [0.3, 0.4) is 0 Å². The molecule has 1 saturated heterocycles. The first-order valence-corrected chi connectivity index (χ1v) is 9.15. The van der Waals surface area contributed by atoms with Crippen LogP contribution in [0.2, 0.25) is 0 Å². The smallest absolute Gasteiger partial charge is 0.240 e. The van der Waals surface area contributed by atoms with Crippen molar-refractivity contribution in [3.8, 4) is 5.75 Å². The van der Waals surface area contributed by atoms with Crippen LogP contribution in [0.1, 0.15) is 17.5 Å². The van der Waals surface area contributed by atoms with Crippen LogP contribution in [0.4, 0.5) is 0 Å². The van der Waals surface area contributed by atoms with Gasteiger partial charge in [0.2, 0.25) is 5.91 Å². The largest absolute Gasteiger partial charge is 0.489 e. The zero-order valence-corrected chi connectivity index (χ0v) is 14.2. The molecule has 0 aliphatic carbocycles. The molecule has 124 valence electrons. The minimum Gasteiger partial charge on any atom is -0.489 e. The molecule has 24 heavy (non-hydrogen) atoms. The molecule has 1 amide bonds. The number of aryl methyl sites for hydroxylation is 1. The van der Waals surface area contributed by atoms with Gasteiger partial charge in [0.15, 0.2) is 0 Å². The third kappa shape index (κ3) is 5.13. The number of carbonyl (C=O) groups is 1. The van der Waals surface area contributed by atoms with Gasteiger partial charge in [-0.3, -0.25) is 4.79 Å². The van der Waals surface area contributed by atoms with Crippen molar-refractivity contribution in [2.24, 2.45) is 5.10 Å². The lowest BCUT2D eigenvalue weighted by atomic mass is 10.1. The van der Waals surface area contributed by atoms with Crippen molar-refractivity contribution in [1.82, 2.24) is 5.43 Å². The van der Waals surface area contributed by atoms with E-state index in [9.17, 15) is 4.79 Å². The Hall–Kier alpha value is -2.27. The number of rotatable bonds is 7. The van der Waals surface area contributed by atoms with E-state index >= 15 is 0 Å². The van der Waals surface area contributed by atoms with Crippen LogP contribution in [0.5, 0.6) is 5.75 Å². The maximum atomic E-state index is 11.8. The summed E-state index contributed by atoms with van der Waals surface area (Å²) in [5.41, 5.74) is 4.64. The van der Waals surface area contributed by atoms with Gasteiger partial charge in [-0.05, 0) is 41.8 Å². The Balaban J connectivity index is 1.41. The van der Waals surface area contributed by atoms with E-state index in [1.807, 2.05) is 66.4 Å². The molecule has 0 atom stereocenters. The molecule has 0 saturated carbocycles. The number of carbonyl (C=O) groups excluding carboxylic acids is 1. The van der Waals surface area contributed by atoms with Crippen LogP contribution >= 0.6 is 11.8 Å². The molecule has 1 aliphatic rings. The molecule has 1 N–H and O–H groups in total. The molecule has 0 spiro atoms. The number of hydrazone groups is 1. The summed E-state index contributed by atoms with van der Waals surface area (Å²) in [6, 6.07) is 17.7. The van der Waals surface area contributed by atoms with Gasteiger partial charge in [-0.1, -0.05) is 30.3 Å². The highest BCUT2D eigenvalue weighted by molar-refractivity contribution is 8.00. The van der Waals surface area contributed by atoms with Gasteiger partial charge in [-0.2, -0.15) is 16.9 Å². The predicted octanol–water partition coefficient (Wildman–Crippen LogP) is 3.26. The van der Waals surface area contributed by atoms with Crippen molar-refractivity contribution >= 4 is 23.9 Å². The van der Waals surface area contributed by atoms with E-state index in [4.69, 9.17) is 4.74 Å². The van der Waals surface area contributed by atoms with Crippen molar-refractivity contribution in [1.29, 1.82) is 0 Å². The molecular formula is C19H20N2O2S. The fourth-order valence-electron chi connectivity index (χ4n) is 2.24. The summed E-state index contributed by atoms with van der Waals surface area (Å²) < 4.78 is 5.79. The lowest BCUT2D eigenvalue weighted by Crippen LogP contribution is -2.30. The Morgan fingerprint density at radius 1 is 1.17 bits per heavy atom. The lowest BCUT2D eigenvalue weighted by molar-refractivity contribution is -0.121. The summed E-state index contributed by atoms with van der Waals surface area (Å²) in [6.45, 7) is 0. The van der Waals surface area contributed by atoms with E-state index in [1.165, 1.54) is 0 Å².